The Balaban J connectivity index is 2.31. The summed E-state index contributed by atoms with van der Waals surface area (Å²) in [6.07, 6.45) is 0.881. The first-order valence-electron chi connectivity index (χ1n) is 7.60. The average molecular weight is 319 g/mol. The van der Waals surface area contributed by atoms with Crippen LogP contribution in [0.3, 0.4) is 0 Å². The molecule has 2 aromatic heterocycles. The molecular weight excluding hydrogens is 298 g/mol. The van der Waals surface area contributed by atoms with Crippen LogP contribution in [0, 0.1) is 19.3 Å². The van der Waals surface area contributed by atoms with Crippen LogP contribution in [0.2, 0.25) is 0 Å². The lowest BCUT2D eigenvalue weighted by Crippen LogP contribution is -2.42. The second-order valence-electron chi connectivity index (χ2n) is 5.73. The van der Waals surface area contributed by atoms with Crippen LogP contribution >= 0.6 is 0 Å². The number of rotatable bonds is 6. The number of hydrogen-bond acceptors (Lipinski definition) is 5. The summed E-state index contributed by atoms with van der Waals surface area (Å²) < 4.78 is 5.11. The predicted octanol–water partition coefficient (Wildman–Crippen LogP) is 2.46. The van der Waals surface area contributed by atoms with Crippen LogP contribution in [0.15, 0.2) is 10.6 Å². The van der Waals surface area contributed by atoms with Crippen molar-refractivity contribution < 1.29 is 19.2 Å². The monoisotopic (exact) mass is 319 g/mol. The van der Waals surface area contributed by atoms with Gasteiger partial charge < -0.3 is 14.9 Å². The Bertz CT molecular complexity index is 747. The number of carboxylic acids is 1. The highest BCUT2D eigenvalue weighted by atomic mass is 16.5. The topological polar surface area (TPSA) is 105 Å². The van der Waals surface area contributed by atoms with Crippen molar-refractivity contribution in [2.24, 2.45) is 5.41 Å². The summed E-state index contributed by atoms with van der Waals surface area (Å²) >= 11 is 0. The van der Waals surface area contributed by atoms with Gasteiger partial charge in [0.15, 0.2) is 0 Å². The summed E-state index contributed by atoms with van der Waals surface area (Å²) in [5.41, 5.74) is 0.962. The Hall–Kier alpha value is -2.44. The number of aryl methyl sites for hydroxylation is 2. The molecular formula is C16H21N3O4. The summed E-state index contributed by atoms with van der Waals surface area (Å²) in [5, 5.41) is 16.6. The molecule has 2 rings (SSSR count). The normalized spacial score (nSPS) is 11.7. The van der Waals surface area contributed by atoms with Gasteiger partial charge in [-0.3, -0.25) is 9.59 Å². The SMILES string of the molecule is CCC(CC)(CNC(=O)c1cc(C)nc2onc(C)c12)C(=O)O. The summed E-state index contributed by atoms with van der Waals surface area (Å²) in [4.78, 5) is 28.3. The molecule has 0 atom stereocenters. The third-order valence-corrected chi connectivity index (χ3v) is 4.38. The molecule has 7 heteroatoms. The number of aliphatic carboxylic acids is 1. The number of pyridine rings is 1. The van der Waals surface area contributed by atoms with E-state index in [1.165, 1.54) is 0 Å². The largest absolute Gasteiger partial charge is 0.481 e. The predicted molar refractivity (Wildman–Crippen MR) is 84.3 cm³/mol. The minimum absolute atomic E-state index is 0.0708. The van der Waals surface area contributed by atoms with E-state index < -0.39 is 11.4 Å². The lowest BCUT2D eigenvalue weighted by Gasteiger charge is -2.26. The molecule has 0 saturated heterocycles. The van der Waals surface area contributed by atoms with Gasteiger partial charge in [0, 0.05) is 12.2 Å². The Labute approximate surface area is 134 Å². The number of aromatic nitrogens is 2. The zero-order valence-electron chi connectivity index (χ0n) is 13.8. The van der Waals surface area contributed by atoms with E-state index in [2.05, 4.69) is 15.5 Å². The molecule has 0 aliphatic rings. The summed E-state index contributed by atoms with van der Waals surface area (Å²) in [7, 11) is 0. The number of fused-ring (bicyclic) bond motifs is 1. The van der Waals surface area contributed by atoms with Gasteiger partial charge in [-0.15, -0.1) is 0 Å². The fourth-order valence-corrected chi connectivity index (χ4v) is 2.62. The van der Waals surface area contributed by atoms with E-state index in [4.69, 9.17) is 4.52 Å². The molecule has 0 spiro atoms. The van der Waals surface area contributed by atoms with Crippen LogP contribution in [-0.2, 0) is 4.79 Å². The van der Waals surface area contributed by atoms with Gasteiger partial charge in [0.25, 0.3) is 11.6 Å². The number of amides is 1. The van der Waals surface area contributed by atoms with Crippen LogP contribution in [0.25, 0.3) is 11.1 Å². The zero-order valence-corrected chi connectivity index (χ0v) is 13.8. The van der Waals surface area contributed by atoms with Crippen molar-refractivity contribution >= 4 is 23.0 Å². The van der Waals surface area contributed by atoms with Gasteiger partial charge in [0.1, 0.15) is 0 Å². The fourth-order valence-electron chi connectivity index (χ4n) is 2.62. The van der Waals surface area contributed by atoms with Gasteiger partial charge in [-0.05, 0) is 32.8 Å². The lowest BCUT2D eigenvalue weighted by atomic mass is 9.82. The Kier molecular flexibility index (Phi) is 4.68. The van der Waals surface area contributed by atoms with Crippen LogP contribution in [0.5, 0.6) is 0 Å². The minimum Gasteiger partial charge on any atom is -0.481 e. The summed E-state index contributed by atoms with van der Waals surface area (Å²) in [5.74, 6) is -1.25. The van der Waals surface area contributed by atoms with Crippen molar-refractivity contribution in [1.29, 1.82) is 0 Å². The minimum atomic E-state index is -0.958. The number of carboxylic acid groups (broad SMARTS) is 1. The van der Waals surface area contributed by atoms with Gasteiger partial charge in [-0.1, -0.05) is 19.0 Å². The van der Waals surface area contributed by atoms with E-state index in [-0.39, 0.29) is 12.5 Å². The Morgan fingerprint density at radius 1 is 1.30 bits per heavy atom. The van der Waals surface area contributed by atoms with Crippen LogP contribution < -0.4 is 5.32 Å². The highest BCUT2D eigenvalue weighted by Crippen LogP contribution is 2.26. The van der Waals surface area contributed by atoms with Crippen LogP contribution in [0.1, 0.15) is 48.4 Å². The van der Waals surface area contributed by atoms with Crippen molar-refractivity contribution in [3.8, 4) is 0 Å². The van der Waals surface area contributed by atoms with Crippen LogP contribution in [0.4, 0.5) is 0 Å². The highest BCUT2D eigenvalue weighted by Gasteiger charge is 2.35. The molecule has 124 valence electrons. The molecule has 0 radical (unpaired) electrons. The average Bonchev–Trinajstić information content (AvgIpc) is 2.88. The van der Waals surface area contributed by atoms with E-state index in [9.17, 15) is 14.7 Å². The molecule has 2 aromatic rings. The standard InChI is InChI=1S/C16H21N3O4/c1-5-16(6-2,15(21)22)8-17-13(20)11-7-9(3)18-14-12(11)10(4)19-23-14/h7H,5-6,8H2,1-4H3,(H,17,20)(H,21,22). The first-order chi connectivity index (χ1) is 10.8. The number of nitrogens with one attached hydrogen (secondary N) is 1. The quantitative estimate of drug-likeness (QED) is 0.847. The molecule has 0 fully saturated rings. The maximum absolute atomic E-state index is 12.6. The molecule has 0 aliphatic carbocycles. The van der Waals surface area contributed by atoms with E-state index >= 15 is 0 Å². The van der Waals surface area contributed by atoms with E-state index in [1.54, 1.807) is 19.9 Å². The van der Waals surface area contributed by atoms with Gasteiger partial charge in [-0.25, -0.2) is 4.98 Å². The molecule has 7 nitrogen and oxygen atoms in total. The molecule has 0 aromatic carbocycles. The maximum Gasteiger partial charge on any atom is 0.311 e. The molecule has 2 heterocycles. The Morgan fingerprint density at radius 3 is 2.52 bits per heavy atom. The van der Waals surface area contributed by atoms with Crippen molar-refractivity contribution in [3.63, 3.8) is 0 Å². The van der Waals surface area contributed by atoms with Crippen LogP contribution in [-0.4, -0.2) is 33.7 Å². The van der Waals surface area contributed by atoms with Crippen molar-refractivity contribution in [3.05, 3.63) is 23.0 Å². The van der Waals surface area contributed by atoms with Gasteiger partial charge in [-0.2, -0.15) is 0 Å². The van der Waals surface area contributed by atoms with E-state index in [0.717, 1.165) is 0 Å². The van der Waals surface area contributed by atoms with Gasteiger partial charge >= 0.3 is 5.97 Å². The molecule has 0 unspecified atom stereocenters. The highest BCUT2D eigenvalue weighted by molar-refractivity contribution is 6.06. The summed E-state index contributed by atoms with van der Waals surface area (Å²) in [6, 6.07) is 1.65. The lowest BCUT2D eigenvalue weighted by molar-refractivity contribution is -0.149. The third-order valence-electron chi connectivity index (χ3n) is 4.38. The smallest absolute Gasteiger partial charge is 0.311 e. The second-order valence-corrected chi connectivity index (χ2v) is 5.73. The summed E-state index contributed by atoms with van der Waals surface area (Å²) in [6.45, 7) is 7.18. The molecule has 1 amide bonds. The number of carbonyl (C=O) groups is 2. The van der Waals surface area contributed by atoms with E-state index in [0.29, 0.717) is 40.9 Å². The van der Waals surface area contributed by atoms with Crippen molar-refractivity contribution in [2.45, 2.75) is 40.5 Å². The molecule has 0 aliphatic heterocycles. The number of nitrogens with zero attached hydrogens (tertiary/aromatic N) is 2. The molecule has 0 bridgehead atoms. The molecule has 23 heavy (non-hydrogen) atoms. The van der Waals surface area contributed by atoms with E-state index in [1.807, 2.05) is 13.8 Å². The van der Waals surface area contributed by atoms with Crippen molar-refractivity contribution in [1.82, 2.24) is 15.5 Å². The fraction of sp³-hybridized carbons (Fsp3) is 0.500. The third kappa shape index (κ3) is 3.04. The molecule has 0 saturated carbocycles. The molecule has 2 N–H and O–H groups in total. The number of carbonyl (C=O) groups excluding carboxylic acids is 1. The number of hydrogen-bond donors (Lipinski definition) is 2. The second kappa shape index (κ2) is 6.36. The van der Waals surface area contributed by atoms with Crippen molar-refractivity contribution in [2.75, 3.05) is 6.54 Å². The maximum atomic E-state index is 12.6. The first kappa shape index (κ1) is 16.9. The van der Waals surface area contributed by atoms with Gasteiger partial charge in [0.2, 0.25) is 0 Å². The van der Waals surface area contributed by atoms with Gasteiger partial charge in [0.05, 0.1) is 22.1 Å². The first-order valence-corrected chi connectivity index (χ1v) is 7.60. The Morgan fingerprint density at radius 2 is 1.96 bits per heavy atom. The zero-order chi connectivity index (χ0) is 17.2.